The molecule has 0 radical (unpaired) electrons. The van der Waals surface area contributed by atoms with E-state index in [9.17, 15) is 0 Å². The van der Waals surface area contributed by atoms with Crippen molar-refractivity contribution in [2.24, 2.45) is 0 Å². The Morgan fingerprint density at radius 3 is 1.46 bits per heavy atom. The van der Waals surface area contributed by atoms with E-state index in [1.807, 2.05) is 24.3 Å². The second-order valence-electron chi connectivity index (χ2n) is 11.8. The third-order valence-corrected chi connectivity index (χ3v) is 9.10. The van der Waals surface area contributed by atoms with Gasteiger partial charge >= 0.3 is 0 Å². The van der Waals surface area contributed by atoms with Crippen LogP contribution in [0.5, 0.6) is 0 Å². The van der Waals surface area contributed by atoms with Crippen molar-refractivity contribution in [2.75, 3.05) is 0 Å². The largest absolute Gasteiger partial charge is 0.436 e. The van der Waals surface area contributed by atoms with Crippen LogP contribution in [0.4, 0.5) is 0 Å². The molecule has 0 N–H and O–H groups in total. The molecule has 0 aliphatic heterocycles. The highest BCUT2D eigenvalue weighted by Crippen LogP contribution is 2.39. The Morgan fingerprint density at radius 2 is 0.804 bits per heavy atom. The quantitative estimate of drug-likeness (QED) is 0.193. The van der Waals surface area contributed by atoms with Crippen molar-refractivity contribution in [3.63, 3.8) is 0 Å². The fourth-order valence-corrected chi connectivity index (χ4v) is 6.91. The topological polar surface area (TPSA) is 52.1 Å². The van der Waals surface area contributed by atoms with Crippen LogP contribution in [0.1, 0.15) is 0 Å². The second-order valence-corrected chi connectivity index (χ2v) is 11.8. The molecule has 4 nitrogen and oxygen atoms in total. The van der Waals surface area contributed by atoms with Crippen LogP contribution < -0.4 is 0 Å². The Labute approximate surface area is 263 Å². The Balaban J connectivity index is 1.07. The number of hydrogen-bond donors (Lipinski definition) is 0. The Morgan fingerprint density at radius 1 is 0.348 bits per heavy atom. The van der Waals surface area contributed by atoms with Crippen molar-refractivity contribution in [2.45, 2.75) is 0 Å². The maximum Gasteiger partial charge on any atom is 0.227 e. The molecule has 46 heavy (non-hydrogen) atoms. The molecule has 10 aromatic rings. The first-order valence-corrected chi connectivity index (χ1v) is 15.4. The van der Waals surface area contributed by atoms with Gasteiger partial charge in [-0.25, -0.2) is 9.97 Å². The van der Waals surface area contributed by atoms with Crippen molar-refractivity contribution in [3.8, 4) is 34.0 Å². The summed E-state index contributed by atoms with van der Waals surface area (Å²) in [6, 6.07) is 50.6. The summed E-state index contributed by atoms with van der Waals surface area (Å²) in [6.07, 6.45) is 0. The van der Waals surface area contributed by atoms with E-state index >= 15 is 0 Å². The molecule has 0 spiro atoms. The lowest BCUT2D eigenvalue weighted by molar-refractivity contribution is 0.614. The molecule has 0 saturated heterocycles. The van der Waals surface area contributed by atoms with Gasteiger partial charge in [0.25, 0.3) is 0 Å². The number of rotatable bonds is 3. The predicted octanol–water partition coefficient (Wildman–Crippen LogP) is 11.6. The Kier molecular flexibility index (Phi) is 5.25. The summed E-state index contributed by atoms with van der Waals surface area (Å²) in [5.41, 5.74) is 7.11. The summed E-state index contributed by atoms with van der Waals surface area (Å²) in [7, 11) is 0. The van der Waals surface area contributed by atoms with Crippen LogP contribution in [-0.4, -0.2) is 9.97 Å². The van der Waals surface area contributed by atoms with Crippen LogP contribution in [-0.2, 0) is 0 Å². The van der Waals surface area contributed by atoms with Gasteiger partial charge in [0.15, 0.2) is 11.2 Å². The van der Waals surface area contributed by atoms with E-state index in [0.717, 1.165) is 44.1 Å². The third kappa shape index (κ3) is 3.80. The number of aromatic nitrogens is 2. The number of oxazole rings is 2. The van der Waals surface area contributed by atoms with E-state index in [1.165, 1.54) is 37.9 Å². The van der Waals surface area contributed by atoms with Gasteiger partial charge in [-0.3, -0.25) is 0 Å². The normalized spacial score (nSPS) is 11.9. The molecule has 0 unspecified atom stereocenters. The second kappa shape index (κ2) is 9.62. The fourth-order valence-electron chi connectivity index (χ4n) is 6.91. The van der Waals surface area contributed by atoms with Crippen LogP contribution in [0.15, 0.2) is 154 Å². The standard InChI is InChI=1S/C42H24N2O2/c1-3-11-29-25(9-1)21-35(33-15-7-5-13-31(29)33)27-17-19-37-39(23-27)45-41(43-37)28-18-20-38-40(24-28)46-42(44-38)36-22-26-10-2-4-12-30(26)32-14-6-8-16-34(32)36/h1-24H. The third-order valence-electron chi connectivity index (χ3n) is 9.10. The van der Waals surface area contributed by atoms with E-state index < -0.39 is 0 Å². The van der Waals surface area contributed by atoms with Crippen LogP contribution in [0, 0.1) is 0 Å². The average Bonchev–Trinajstić information content (AvgIpc) is 3.75. The van der Waals surface area contributed by atoms with Gasteiger partial charge in [0.05, 0.1) is 0 Å². The average molecular weight is 589 g/mol. The van der Waals surface area contributed by atoms with Gasteiger partial charge in [0.2, 0.25) is 11.8 Å². The van der Waals surface area contributed by atoms with E-state index in [-0.39, 0.29) is 0 Å². The van der Waals surface area contributed by atoms with Crippen LogP contribution in [0.2, 0.25) is 0 Å². The highest BCUT2D eigenvalue weighted by atomic mass is 16.4. The zero-order valence-corrected chi connectivity index (χ0v) is 24.6. The minimum atomic E-state index is 0.548. The van der Waals surface area contributed by atoms with Gasteiger partial charge in [0, 0.05) is 11.1 Å². The molecule has 2 aromatic heterocycles. The minimum Gasteiger partial charge on any atom is -0.436 e. The summed E-state index contributed by atoms with van der Waals surface area (Å²) in [5, 5.41) is 9.59. The molecule has 0 aliphatic carbocycles. The van der Waals surface area contributed by atoms with Crippen LogP contribution in [0.25, 0.3) is 99.3 Å². The fraction of sp³-hybridized carbons (Fsp3) is 0. The molecular weight excluding hydrogens is 564 g/mol. The van der Waals surface area contributed by atoms with Gasteiger partial charge in [-0.05, 0) is 96.7 Å². The van der Waals surface area contributed by atoms with Crippen LogP contribution >= 0.6 is 0 Å². The summed E-state index contributed by atoms with van der Waals surface area (Å²) >= 11 is 0. The molecule has 0 fully saturated rings. The first kappa shape index (κ1) is 25.1. The van der Waals surface area contributed by atoms with Gasteiger partial charge < -0.3 is 8.83 Å². The summed E-state index contributed by atoms with van der Waals surface area (Å²) in [4.78, 5) is 9.74. The van der Waals surface area contributed by atoms with Gasteiger partial charge in [-0.15, -0.1) is 0 Å². The highest BCUT2D eigenvalue weighted by molar-refractivity contribution is 6.15. The van der Waals surface area contributed by atoms with E-state index in [1.54, 1.807) is 0 Å². The zero-order valence-electron chi connectivity index (χ0n) is 24.6. The molecule has 0 bridgehead atoms. The molecular formula is C42H24N2O2. The Hall–Kier alpha value is -6.26. The summed E-state index contributed by atoms with van der Waals surface area (Å²) in [6.45, 7) is 0. The van der Waals surface area contributed by atoms with Gasteiger partial charge in [0.1, 0.15) is 11.0 Å². The monoisotopic (exact) mass is 588 g/mol. The van der Waals surface area contributed by atoms with E-state index in [4.69, 9.17) is 18.8 Å². The lowest BCUT2D eigenvalue weighted by atomic mass is 9.93. The first-order chi connectivity index (χ1) is 22.8. The molecule has 4 heteroatoms. The molecule has 0 amide bonds. The van der Waals surface area contributed by atoms with E-state index in [2.05, 4.69) is 121 Å². The van der Waals surface area contributed by atoms with Crippen molar-refractivity contribution in [1.29, 1.82) is 0 Å². The molecule has 0 saturated carbocycles. The molecule has 0 atom stereocenters. The lowest BCUT2D eigenvalue weighted by Crippen LogP contribution is -1.84. The molecule has 0 aliphatic rings. The van der Waals surface area contributed by atoms with Crippen molar-refractivity contribution < 1.29 is 8.83 Å². The lowest BCUT2D eigenvalue weighted by Gasteiger charge is -2.10. The first-order valence-electron chi connectivity index (χ1n) is 15.4. The number of fused-ring (bicyclic) bond motifs is 8. The van der Waals surface area contributed by atoms with Gasteiger partial charge in [-0.2, -0.15) is 0 Å². The summed E-state index contributed by atoms with van der Waals surface area (Å²) < 4.78 is 12.8. The van der Waals surface area contributed by atoms with Crippen molar-refractivity contribution in [3.05, 3.63) is 146 Å². The maximum absolute atomic E-state index is 6.42. The zero-order chi connectivity index (χ0) is 30.2. The minimum absolute atomic E-state index is 0.548. The van der Waals surface area contributed by atoms with Crippen molar-refractivity contribution in [1.82, 2.24) is 9.97 Å². The number of benzene rings is 8. The van der Waals surface area contributed by atoms with E-state index in [0.29, 0.717) is 17.4 Å². The number of hydrogen-bond acceptors (Lipinski definition) is 4. The maximum atomic E-state index is 6.42. The smallest absolute Gasteiger partial charge is 0.227 e. The highest BCUT2D eigenvalue weighted by Gasteiger charge is 2.17. The predicted molar refractivity (Wildman–Crippen MR) is 188 cm³/mol. The molecule has 10 rings (SSSR count). The Bertz CT molecular complexity index is 2710. The molecule has 2 heterocycles. The number of nitrogens with zero attached hydrogens (tertiary/aromatic N) is 2. The molecule has 8 aromatic carbocycles. The SMILES string of the molecule is c1ccc2c(c1)cc(-c1ccc3nc(-c4ccc5nc(-c6cc7ccccc7c7ccccc67)oc5c4)oc3c1)c1ccccc12. The summed E-state index contributed by atoms with van der Waals surface area (Å²) in [5.74, 6) is 1.14. The van der Waals surface area contributed by atoms with Crippen LogP contribution in [0.3, 0.4) is 0 Å². The van der Waals surface area contributed by atoms with Crippen molar-refractivity contribution >= 4 is 65.3 Å². The molecule has 214 valence electrons. The van der Waals surface area contributed by atoms with Gasteiger partial charge in [-0.1, -0.05) is 103 Å².